The number of hydrogen-bond acceptors (Lipinski definition) is 2. The molecule has 6 heteroatoms. The maximum Gasteiger partial charge on any atom is 0.187 e. The van der Waals surface area contributed by atoms with Gasteiger partial charge in [-0.15, -0.1) is 11.6 Å². The maximum atomic E-state index is 13.3. The van der Waals surface area contributed by atoms with Gasteiger partial charge in [-0.1, -0.05) is 0 Å². The standard InChI is InChI=1S/C10H8ClF3O2/c11-3-5-4-15-10(16-5)6-1-8(13)9(14)2-7(6)12/h1-2,5,10H,3-4H2. The van der Waals surface area contributed by atoms with E-state index in [0.717, 1.165) is 6.07 Å². The van der Waals surface area contributed by atoms with Crippen LogP contribution in [0.4, 0.5) is 13.2 Å². The second kappa shape index (κ2) is 4.61. The van der Waals surface area contributed by atoms with Gasteiger partial charge in [0.2, 0.25) is 0 Å². The summed E-state index contributed by atoms with van der Waals surface area (Å²) in [5.74, 6) is -3.09. The summed E-state index contributed by atoms with van der Waals surface area (Å²) in [7, 11) is 0. The lowest BCUT2D eigenvalue weighted by molar-refractivity contribution is -0.0591. The van der Waals surface area contributed by atoms with Gasteiger partial charge in [-0.05, 0) is 6.07 Å². The highest BCUT2D eigenvalue weighted by atomic mass is 35.5. The number of hydrogen-bond donors (Lipinski definition) is 0. The van der Waals surface area contributed by atoms with Gasteiger partial charge in [0.25, 0.3) is 0 Å². The van der Waals surface area contributed by atoms with Crippen molar-refractivity contribution in [3.8, 4) is 0 Å². The Hall–Kier alpha value is -0.780. The van der Waals surface area contributed by atoms with Crippen molar-refractivity contribution < 1.29 is 22.6 Å². The Morgan fingerprint density at radius 1 is 1.19 bits per heavy atom. The molecule has 0 saturated carbocycles. The molecule has 1 aromatic rings. The molecule has 16 heavy (non-hydrogen) atoms. The van der Waals surface area contributed by atoms with Crippen molar-refractivity contribution >= 4 is 11.6 Å². The van der Waals surface area contributed by atoms with Gasteiger partial charge in [0.15, 0.2) is 17.9 Å². The highest BCUT2D eigenvalue weighted by Gasteiger charge is 2.29. The summed E-state index contributed by atoms with van der Waals surface area (Å²) < 4.78 is 49.2. The Labute approximate surface area is 94.9 Å². The zero-order valence-electron chi connectivity index (χ0n) is 8.05. The van der Waals surface area contributed by atoms with Crippen LogP contribution in [0.25, 0.3) is 0 Å². The van der Waals surface area contributed by atoms with E-state index < -0.39 is 23.7 Å². The predicted molar refractivity (Wildman–Crippen MR) is 50.6 cm³/mol. The lowest BCUT2D eigenvalue weighted by atomic mass is 10.2. The first-order chi connectivity index (χ1) is 7.61. The minimum atomic E-state index is -1.24. The van der Waals surface area contributed by atoms with E-state index in [4.69, 9.17) is 21.1 Å². The molecule has 2 atom stereocenters. The van der Waals surface area contributed by atoms with Gasteiger partial charge >= 0.3 is 0 Å². The predicted octanol–water partition coefficient (Wildman–Crippen LogP) is 2.76. The van der Waals surface area contributed by atoms with Crippen LogP contribution >= 0.6 is 11.6 Å². The van der Waals surface area contributed by atoms with Crippen LogP contribution in [0.2, 0.25) is 0 Å². The molecule has 2 rings (SSSR count). The molecule has 0 radical (unpaired) electrons. The molecule has 2 unspecified atom stereocenters. The normalized spacial score (nSPS) is 25.0. The van der Waals surface area contributed by atoms with E-state index in [2.05, 4.69) is 0 Å². The molecule has 88 valence electrons. The summed E-state index contributed by atoms with van der Waals surface area (Å²) >= 11 is 5.52. The van der Waals surface area contributed by atoms with E-state index >= 15 is 0 Å². The molecule has 0 bridgehead atoms. The van der Waals surface area contributed by atoms with Gasteiger partial charge in [-0.25, -0.2) is 13.2 Å². The molecule has 0 amide bonds. The summed E-state index contributed by atoms with van der Waals surface area (Å²) in [4.78, 5) is 0. The molecule has 2 nitrogen and oxygen atoms in total. The van der Waals surface area contributed by atoms with Gasteiger partial charge in [0, 0.05) is 11.6 Å². The Bertz CT molecular complexity index is 400. The summed E-state index contributed by atoms with van der Waals surface area (Å²) in [6.45, 7) is 0.201. The Balaban J connectivity index is 2.24. The largest absolute Gasteiger partial charge is 0.346 e. The quantitative estimate of drug-likeness (QED) is 0.595. The Kier molecular flexibility index (Phi) is 3.37. The van der Waals surface area contributed by atoms with Crippen LogP contribution in [0.15, 0.2) is 12.1 Å². The van der Waals surface area contributed by atoms with Crippen molar-refractivity contribution in [1.29, 1.82) is 0 Å². The lowest BCUT2D eigenvalue weighted by Gasteiger charge is -2.11. The van der Waals surface area contributed by atoms with E-state index in [0.29, 0.717) is 6.07 Å². The first kappa shape index (κ1) is 11.7. The first-order valence-corrected chi connectivity index (χ1v) is 5.12. The van der Waals surface area contributed by atoms with Crippen molar-refractivity contribution in [2.45, 2.75) is 12.4 Å². The van der Waals surface area contributed by atoms with E-state index in [-0.39, 0.29) is 24.2 Å². The van der Waals surface area contributed by atoms with Gasteiger partial charge in [0.05, 0.1) is 18.6 Å². The minimum Gasteiger partial charge on any atom is -0.346 e. The van der Waals surface area contributed by atoms with E-state index in [1.807, 2.05) is 0 Å². The van der Waals surface area contributed by atoms with Crippen molar-refractivity contribution in [2.24, 2.45) is 0 Å². The van der Waals surface area contributed by atoms with E-state index in [1.165, 1.54) is 0 Å². The van der Waals surface area contributed by atoms with Crippen LogP contribution in [0.1, 0.15) is 11.9 Å². The monoisotopic (exact) mass is 252 g/mol. The minimum absolute atomic E-state index is 0.161. The third kappa shape index (κ3) is 2.16. The highest BCUT2D eigenvalue weighted by Crippen LogP contribution is 2.30. The van der Waals surface area contributed by atoms with Crippen LogP contribution in [-0.2, 0) is 9.47 Å². The molecular weight excluding hydrogens is 245 g/mol. The molecular formula is C10H8ClF3O2. The molecule has 1 aromatic carbocycles. The molecule has 1 heterocycles. The molecule has 0 aromatic heterocycles. The first-order valence-electron chi connectivity index (χ1n) is 4.59. The second-order valence-electron chi connectivity index (χ2n) is 3.37. The third-order valence-corrected chi connectivity index (χ3v) is 2.56. The van der Waals surface area contributed by atoms with Crippen molar-refractivity contribution in [3.63, 3.8) is 0 Å². The number of rotatable bonds is 2. The van der Waals surface area contributed by atoms with Gasteiger partial charge in [-0.3, -0.25) is 0 Å². The third-order valence-electron chi connectivity index (χ3n) is 2.22. The zero-order chi connectivity index (χ0) is 11.7. The average molecular weight is 253 g/mol. The fourth-order valence-corrected chi connectivity index (χ4v) is 1.57. The fourth-order valence-electron chi connectivity index (χ4n) is 1.41. The summed E-state index contributed by atoms with van der Waals surface area (Å²) in [5, 5.41) is 0. The van der Waals surface area contributed by atoms with Crippen molar-refractivity contribution in [2.75, 3.05) is 12.5 Å². The average Bonchev–Trinajstić information content (AvgIpc) is 2.71. The summed E-state index contributed by atoms with van der Waals surface area (Å²) in [6, 6.07) is 1.19. The molecule has 1 aliphatic rings. The Morgan fingerprint density at radius 2 is 1.88 bits per heavy atom. The van der Waals surface area contributed by atoms with Crippen molar-refractivity contribution in [1.82, 2.24) is 0 Å². The lowest BCUT2D eigenvalue weighted by Crippen LogP contribution is -2.11. The SMILES string of the molecule is Fc1cc(F)c(C2OCC(CCl)O2)cc1F. The highest BCUT2D eigenvalue weighted by molar-refractivity contribution is 6.18. The molecule has 0 N–H and O–H groups in total. The second-order valence-corrected chi connectivity index (χ2v) is 3.67. The molecule has 0 spiro atoms. The van der Waals surface area contributed by atoms with Crippen LogP contribution in [0, 0.1) is 17.5 Å². The molecule has 1 saturated heterocycles. The van der Waals surface area contributed by atoms with Gasteiger partial charge in [0.1, 0.15) is 5.82 Å². The van der Waals surface area contributed by atoms with E-state index in [9.17, 15) is 13.2 Å². The smallest absolute Gasteiger partial charge is 0.187 e. The topological polar surface area (TPSA) is 18.5 Å². The summed E-state index contributed by atoms with van der Waals surface area (Å²) in [6.07, 6.45) is -1.39. The molecule has 1 aliphatic heterocycles. The maximum absolute atomic E-state index is 13.3. The van der Waals surface area contributed by atoms with Crippen molar-refractivity contribution in [3.05, 3.63) is 35.1 Å². The fraction of sp³-hybridized carbons (Fsp3) is 0.400. The Morgan fingerprint density at radius 3 is 2.50 bits per heavy atom. The van der Waals surface area contributed by atoms with Gasteiger partial charge in [-0.2, -0.15) is 0 Å². The van der Waals surface area contributed by atoms with E-state index in [1.54, 1.807) is 0 Å². The number of alkyl halides is 1. The molecule has 1 fully saturated rings. The molecule has 0 aliphatic carbocycles. The number of benzene rings is 1. The number of ether oxygens (including phenoxy) is 2. The van der Waals surface area contributed by atoms with Gasteiger partial charge < -0.3 is 9.47 Å². The van der Waals surface area contributed by atoms with Crippen LogP contribution in [0.5, 0.6) is 0 Å². The van der Waals surface area contributed by atoms with Crippen LogP contribution in [-0.4, -0.2) is 18.6 Å². The van der Waals surface area contributed by atoms with Crippen LogP contribution in [0.3, 0.4) is 0 Å². The van der Waals surface area contributed by atoms with Crippen LogP contribution < -0.4 is 0 Å². The summed E-state index contributed by atoms with van der Waals surface area (Å²) in [5.41, 5.74) is -0.161. The zero-order valence-corrected chi connectivity index (χ0v) is 8.81. The number of halogens is 4.